The summed E-state index contributed by atoms with van der Waals surface area (Å²) in [7, 11) is -3.82. The maximum Gasteiger partial charge on any atom is 0.241 e. The van der Waals surface area contributed by atoms with Gasteiger partial charge in [-0.05, 0) is 36.8 Å². The Kier molecular flexibility index (Phi) is 6.16. The van der Waals surface area contributed by atoms with Gasteiger partial charge >= 0.3 is 0 Å². The van der Waals surface area contributed by atoms with E-state index in [2.05, 4.69) is 11.3 Å². The van der Waals surface area contributed by atoms with Gasteiger partial charge in [0.25, 0.3) is 0 Å². The number of rotatable bonds is 7. The fraction of sp³-hybridized carbons (Fsp3) is 0.211. The highest BCUT2D eigenvalue weighted by molar-refractivity contribution is 7.89. The van der Waals surface area contributed by atoms with Crippen molar-refractivity contribution >= 4 is 27.4 Å². The van der Waals surface area contributed by atoms with Crippen molar-refractivity contribution in [3.05, 3.63) is 76.8 Å². The minimum Gasteiger partial charge on any atom is -0.295 e. The lowest BCUT2D eigenvalue weighted by Crippen LogP contribution is -2.31. The minimum absolute atomic E-state index is 0.133. The van der Waals surface area contributed by atoms with Gasteiger partial charge in [-0.2, -0.15) is 4.72 Å². The molecule has 0 aromatic heterocycles. The third-order valence-corrected chi connectivity index (χ3v) is 5.53. The van der Waals surface area contributed by atoms with Crippen LogP contribution in [0, 0.1) is 6.92 Å². The van der Waals surface area contributed by atoms with E-state index < -0.39 is 16.1 Å². The van der Waals surface area contributed by atoms with Gasteiger partial charge in [0.2, 0.25) is 10.0 Å². The van der Waals surface area contributed by atoms with Crippen LogP contribution in [0.1, 0.15) is 30.5 Å². The van der Waals surface area contributed by atoms with Gasteiger partial charge in [-0.25, -0.2) is 8.42 Å². The molecule has 1 atom stereocenters. The number of hydrogen-bond donors (Lipinski definition) is 1. The summed E-state index contributed by atoms with van der Waals surface area (Å²) in [5.74, 6) is -0.202. The van der Waals surface area contributed by atoms with Crippen molar-refractivity contribution in [3.63, 3.8) is 0 Å². The first-order chi connectivity index (χ1) is 11.7. The van der Waals surface area contributed by atoms with Crippen molar-refractivity contribution < 1.29 is 13.2 Å². The molecule has 6 heteroatoms. The Hall–Kier alpha value is -1.95. The van der Waals surface area contributed by atoms with Gasteiger partial charge in [0, 0.05) is 17.0 Å². The Balaban J connectivity index is 2.41. The highest BCUT2D eigenvalue weighted by Gasteiger charge is 2.26. The molecule has 0 fully saturated rings. The molecular weight excluding hydrogens is 358 g/mol. The summed E-state index contributed by atoms with van der Waals surface area (Å²) in [6, 6.07) is 12.3. The zero-order valence-electron chi connectivity index (χ0n) is 14.1. The van der Waals surface area contributed by atoms with Gasteiger partial charge < -0.3 is 0 Å². The topological polar surface area (TPSA) is 63.2 Å². The molecule has 2 aromatic rings. The molecule has 0 saturated carbocycles. The van der Waals surface area contributed by atoms with Crippen LogP contribution in [-0.4, -0.2) is 14.2 Å². The number of Topliss-reactive ketones (excluding diaryl/α,β-unsaturated/α-hetero) is 1. The van der Waals surface area contributed by atoms with Gasteiger partial charge in [-0.15, -0.1) is 0 Å². The average molecular weight is 378 g/mol. The summed E-state index contributed by atoms with van der Waals surface area (Å²) in [6.07, 6.45) is 0.245. The molecule has 0 spiro atoms. The number of carbonyl (C=O) groups excluding carboxylic acids is 1. The number of hydrogen-bond acceptors (Lipinski definition) is 3. The zero-order chi connectivity index (χ0) is 18.6. The summed E-state index contributed by atoms with van der Waals surface area (Å²) >= 11 is 5.90. The molecule has 0 aliphatic rings. The van der Waals surface area contributed by atoms with Gasteiger partial charge in [-0.3, -0.25) is 4.79 Å². The third-order valence-electron chi connectivity index (χ3n) is 3.84. The summed E-state index contributed by atoms with van der Waals surface area (Å²) in [5, 5.41) is 0.524. The van der Waals surface area contributed by atoms with E-state index in [9.17, 15) is 13.2 Å². The molecule has 0 heterocycles. The number of halogens is 1. The van der Waals surface area contributed by atoms with E-state index >= 15 is 0 Å². The molecule has 2 aromatic carbocycles. The normalized spacial score (nSPS) is 12.6. The second-order valence-electron chi connectivity index (χ2n) is 5.72. The number of aryl methyl sites for hydroxylation is 1. The Morgan fingerprint density at radius 2 is 1.68 bits per heavy atom. The van der Waals surface area contributed by atoms with E-state index in [0.717, 1.165) is 5.56 Å². The lowest BCUT2D eigenvalue weighted by atomic mass is 9.97. The zero-order valence-corrected chi connectivity index (χ0v) is 15.7. The van der Waals surface area contributed by atoms with Gasteiger partial charge in [0.1, 0.15) is 0 Å². The second kappa shape index (κ2) is 7.95. The molecule has 0 saturated heterocycles. The van der Waals surface area contributed by atoms with Crippen LogP contribution in [0.5, 0.6) is 0 Å². The van der Waals surface area contributed by atoms with Crippen LogP contribution in [0.4, 0.5) is 0 Å². The van der Waals surface area contributed by atoms with Crippen LogP contribution in [0.2, 0.25) is 5.02 Å². The molecule has 2 rings (SSSR count). The standard InChI is InChI=1S/C19H20ClNO3S/c1-4-18(22)14(3)19(15-7-9-16(20)10-8-15)21-25(23,24)17-11-5-13(2)6-12-17/h5-12,19,21H,3-4H2,1-2H3/t19-/m0/s1. The number of carbonyl (C=O) groups is 1. The maximum atomic E-state index is 12.7. The highest BCUT2D eigenvalue weighted by atomic mass is 35.5. The van der Waals surface area contributed by atoms with E-state index in [4.69, 9.17) is 11.6 Å². The first-order valence-electron chi connectivity index (χ1n) is 7.81. The molecule has 132 valence electrons. The van der Waals surface area contributed by atoms with Crippen molar-refractivity contribution in [1.82, 2.24) is 4.72 Å². The van der Waals surface area contributed by atoms with Crippen LogP contribution in [0.25, 0.3) is 0 Å². The summed E-state index contributed by atoms with van der Waals surface area (Å²) < 4.78 is 28.0. The number of ketones is 1. The monoisotopic (exact) mass is 377 g/mol. The fourth-order valence-corrected chi connectivity index (χ4v) is 3.67. The van der Waals surface area contributed by atoms with Gasteiger partial charge in [0.15, 0.2) is 5.78 Å². The highest BCUT2D eigenvalue weighted by Crippen LogP contribution is 2.26. The third kappa shape index (κ3) is 4.78. The van der Waals surface area contributed by atoms with Crippen LogP contribution in [0.3, 0.4) is 0 Å². The summed E-state index contributed by atoms with van der Waals surface area (Å²) in [6.45, 7) is 7.39. The Morgan fingerprint density at radius 1 is 1.12 bits per heavy atom. The molecule has 0 aliphatic carbocycles. The predicted molar refractivity (Wildman–Crippen MR) is 100 cm³/mol. The molecule has 0 unspecified atom stereocenters. The van der Waals surface area contributed by atoms with E-state index in [1.54, 1.807) is 43.3 Å². The van der Waals surface area contributed by atoms with E-state index in [1.165, 1.54) is 12.1 Å². The fourth-order valence-electron chi connectivity index (χ4n) is 2.32. The Morgan fingerprint density at radius 3 is 2.20 bits per heavy atom. The largest absolute Gasteiger partial charge is 0.295 e. The van der Waals surface area contributed by atoms with Crippen LogP contribution in [0.15, 0.2) is 65.6 Å². The van der Waals surface area contributed by atoms with Gasteiger partial charge in [-0.1, -0.05) is 54.9 Å². The smallest absolute Gasteiger partial charge is 0.241 e. The maximum absolute atomic E-state index is 12.7. The average Bonchev–Trinajstić information content (AvgIpc) is 2.59. The Labute approximate surface area is 153 Å². The summed E-state index contributed by atoms with van der Waals surface area (Å²) in [4.78, 5) is 12.2. The summed E-state index contributed by atoms with van der Waals surface area (Å²) in [5.41, 5.74) is 1.76. The number of sulfonamides is 1. The minimum atomic E-state index is -3.82. The quantitative estimate of drug-likeness (QED) is 0.735. The number of nitrogens with one attached hydrogen (secondary N) is 1. The first-order valence-corrected chi connectivity index (χ1v) is 9.67. The second-order valence-corrected chi connectivity index (χ2v) is 7.87. The van der Waals surface area contributed by atoms with Crippen LogP contribution in [-0.2, 0) is 14.8 Å². The SMILES string of the molecule is C=C(C(=O)CC)[C@H](NS(=O)(=O)c1ccc(C)cc1)c1ccc(Cl)cc1. The molecule has 0 bridgehead atoms. The molecule has 4 nitrogen and oxygen atoms in total. The van der Waals surface area contributed by atoms with Gasteiger partial charge in [0.05, 0.1) is 10.9 Å². The van der Waals surface area contributed by atoms with Crippen molar-refractivity contribution in [3.8, 4) is 0 Å². The molecule has 0 amide bonds. The van der Waals surface area contributed by atoms with Crippen molar-refractivity contribution in [2.45, 2.75) is 31.2 Å². The van der Waals surface area contributed by atoms with Crippen molar-refractivity contribution in [2.75, 3.05) is 0 Å². The van der Waals surface area contributed by atoms with E-state index in [-0.39, 0.29) is 22.7 Å². The predicted octanol–water partition coefficient (Wildman–Crippen LogP) is 4.20. The molecule has 1 N–H and O–H groups in total. The lowest BCUT2D eigenvalue weighted by Gasteiger charge is -2.21. The van der Waals surface area contributed by atoms with Crippen molar-refractivity contribution in [2.24, 2.45) is 0 Å². The molecular formula is C19H20ClNO3S. The molecule has 0 aliphatic heterocycles. The lowest BCUT2D eigenvalue weighted by molar-refractivity contribution is -0.115. The molecule has 25 heavy (non-hydrogen) atoms. The number of benzene rings is 2. The van der Waals surface area contributed by atoms with E-state index in [1.807, 2.05) is 6.92 Å². The first kappa shape index (κ1) is 19.4. The van der Waals surface area contributed by atoms with Crippen LogP contribution >= 0.6 is 11.6 Å². The van der Waals surface area contributed by atoms with E-state index in [0.29, 0.717) is 10.6 Å². The molecule has 0 radical (unpaired) electrons. The Bertz CT molecular complexity index is 872. The van der Waals surface area contributed by atoms with Crippen molar-refractivity contribution in [1.29, 1.82) is 0 Å². The van der Waals surface area contributed by atoms with Crippen LogP contribution < -0.4 is 4.72 Å².